The summed E-state index contributed by atoms with van der Waals surface area (Å²) >= 11 is 6.26. The van der Waals surface area contributed by atoms with E-state index in [4.69, 9.17) is 16.0 Å². The quantitative estimate of drug-likeness (QED) is 0.805. The van der Waals surface area contributed by atoms with Crippen molar-refractivity contribution in [3.63, 3.8) is 0 Å². The second-order valence-corrected chi connectivity index (χ2v) is 5.24. The Morgan fingerprint density at radius 2 is 2.14 bits per heavy atom. The topological polar surface area (TPSA) is 60.8 Å². The van der Waals surface area contributed by atoms with Crippen LogP contribution >= 0.6 is 11.6 Å². The molecule has 1 N–H and O–H groups in total. The number of halogens is 1. The Balaban J connectivity index is 1.86. The fraction of sp³-hybridized carbons (Fsp3) is 0.286. The molecule has 0 aliphatic rings. The van der Waals surface area contributed by atoms with Crippen LogP contribution in [0, 0.1) is 6.92 Å². The zero-order chi connectivity index (χ0) is 15.0. The van der Waals surface area contributed by atoms with Crippen molar-refractivity contribution in [3.05, 3.63) is 41.0 Å². The first-order chi connectivity index (χ1) is 10.1. The molecule has 3 heterocycles. The Bertz CT molecular complexity index is 757. The maximum atomic E-state index is 6.26. The zero-order valence-corrected chi connectivity index (χ0v) is 12.8. The maximum Gasteiger partial charge on any atom is 0.156 e. The minimum atomic E-state index is 0.565. The number of aromatic nitrogens is 4. The highest BCUT2D eigenvalue weighted by Gasteiger charge is 2.15. The molecular weight excluding hydrogens is 290 g/mol. The summed E-state index contributed by atoms with van der Waals surface area (Å²) in [6.45, 7) is 2.46. The van der Waals surface area contributed by atoms with Crippen LogP contribution in [0.2, 0.25) is 5.02 Å². The molecule has 110 valence electrons. The molecule has 0 fully saturated rings. The summed E-state index contributed by atoms with van der Waals surface area (Å²) in [5.41, 5.74) is 3.43. The van der Waals surface area contributed by atoms with Crippen LogP contribution in [0.15, 0.2) is 29.0 Å². The lowest BCUT2D eigenvalue weighted by Gasteiger charge is -2.06. The standard InChI is InChI=1S/C14H16ClN5O/c1-9-13(15)11(20(3)17-9)7-16-10-8-19(2)18-14(10)12-5-4-6-21-12/h4-6,8,16H,7H2,1-3H3. The van der Waals surface area contributed by atoms with Crippen molar-refractivity contribution in [3.8, 4) is 11.5 Å². The highest BCUT2D eigenvalue weighted by molar-refractivity contribution is 6.31. The van der Waals surface area contributed by atoms with Gasteiger partial charge >= 0.3 is 0 Å². The van der Waals surface area contributed by atoms with Gasteiger partial charge in [-0.2, -0.15) is 10.2 Å². The van der Waals surface area contributed by atoms with Crippen molar-refractivity contribution in [2.45, 2.75) is 13.5 Å². The van der Waals surface area contributed by atoms with Gasteiger partial charge in [0.1, 0.15) is 0 Å². The van der Waals surface area contributed by atoms with Crippen molar-refractivity contribution >= 4 is 17.3 Å². The van der Waals surface area contributed by atoms with E-state index in [1.165, 1.54) is 0 Å². The van der Waals surface area contributed by atoms with E-state index in [1.54, 1.807) is 15.6 Å². The van der Waals surface area contributed by atoms with Gasteiger partial charge in [-0.05, 0) is 19.1 Å². The van der Waals surface area contributed by atoms with E-state index in [1.807, 2.05) is 39.3 Å². The summed E-state index contributed by atoms with van der Waals surface area (Å²) in [5.74, 6) is 0.727. The Kier molecular flexibility index (Phi) is 3.47. The van der Waals surface area contributed by atoms with Gasteiger partial charge in [-0.1, -0.05) is 11.6 Å². The Morgan fingerprint density at radius 1 is 1.33 bits per heavy atom. The minimum absolute atomic E-state index is 0.565. The van der Waals surface area contributed by atoms with Crippen LogP contribution < -0.4 is 5.32 Å². The van der Waals surface area contributed by atoms with Crippen LogP contribution in [-0.4, -0.2) is 19.6 Å². The summed E-state index contributed by atoms with van der Waals surface area (Å²) in [6.07, 6.45) is 3.55. The summed E-state index contributed by atoms with van der Waals surface area (Å²) in [6, 6.07) is 3.73. The van der Waals surface area contributed by atoms with E-state index >= 15 is 0 Å². The number of hydrogen-bond donors (Lipinski definition) is 1. The fourth-order valence-electron chi connectivity index (χ4n) is 2.26. The average Bonchev–Trinajstić information content (AvgIpc) is 3.11. The number of hydrogen-bond acceptors (Lipinski definition) is 4. The van der Waals surface area contributed by atoms with E-state index in [-0.39, 0.29) is 0 Å². The monoisotopic (exact) mass is 305 g/mol. The zero-order valence-electron chi connectivity index (χ0n) is 12.1. The normalized spacial score (nSPS) is 11.0. The van der Waals surface area contributed by atoms with Crippen LogP contribution in [-0.2, 0) is 20.6 Å². The van der Waals surface area contributed by atoms with Crippen molar-refractivity contribution in [1.29, 1.82) is 0 Å². The van der Waals surface area contributed by atoms with Gasteiger partial charge in [0.25, 0.3) is 0 Å². The molecule has 0 aromatic carbocycles. The number of furan rings is 1. The van der Waals surface area contributed by atoms with Gasteiger partial charge in [0.15, 0.2) is 11.5 Å². The molecule has 21 heavy (non-hydrogen) atoms. The first kappa shape index (κ1) is 13.8. The molecule has 0 aliphatic heterocycles. The smallest absolute Gasteiger partial charge is 0.156 e. The van der Waals surface area contributed by atoms with Crippen molar-refractivity contribution in [1.82, 2.24) is 19.6 Å². The summed E-state index contributed by atoms with van der Waals surface area (Å²) in [4.78, 5) is 0. The van der Waals surface area contributed by atoms with Gasteiger partial charge in [0.2, 0.25) is 0 Å². The molecule has 0 amide bonds. The van der Waals surface area contributed by atoms with E-state index in [2.05, 4.69) is 15.5 Å². The molecule has 0 radical (unpaired) electrons. The largest absolute Gasteiger partial charge is 0.463 e. The summed E-state index contributed by atoms with van der Waals surface area (Å²) < 4.78 is 8.95. The molecular formula is C14H16ClN5O. The lowest BCUT2D eigenvalue weighted by Crippen LogP contribution is -2.06. The number of rotatable bonds is 4. The number of anilines is 1. The molecule has 7 heteroatoms. The Hall–Kier alpha value is -2.21. The molecule has 3 aromatic heterocycles. The lowest BCUT2D eigenvalue weighted by molar-refractivity contribution is 0.578. The first-order valence-corrected chi connectivity index (χ1v) is 6.93. The van der Waals surface area contributed by atoms with E-state index < -0.39 is 0 Å². The molecule has 3 aromatic rings. The minimum Gasteiger partial charge on any atom is -0.463 e. The SMILES string of the molecule is Cc1nn(C)c(CNc2cn(C)nc2-c2ccco2)c1Cl. The van der Waals surface area contributed by atoms with Crippen molar-refractivity contribution in [2.75, 3.05) is 5.32 Å². The summed E-state index contributed by atoms with van der Waals surface area (Å²) in [7, 11) is 3.76. The fourth-order valence-corrected chi connectivity index (χ4v) is 2.49. The molecule has 0 unspecified atom stereocenters. The van der Waals surface area contributed by atoms with Crippen LogP contribution in [0.25, 0.3) is 11.5 Å². The second-order valence-electron chi connectivity index (χ2n) is 4.87. The third-order valence-electron chi connectivity index (χ3n) is 3.29. The highest BCUT2D eigenvalue weighted by atomic mass is 35.5. The van der Waals surface area contributed by atoms with Gasteiger partial charge in [0.05, 0.1) is 34.9 Å². The van der Waals surface area contributed by atoms with Gasteiger partial charge in [-0.15, -0.1) is 0 Å². The first-order valence-electron chi connectivity index (χ1n) is 6.55. The van der Waals surface area contributed by atoms with Crippen LogP contribution in [0.3, 0.4) is 0 Å². The third-order valence-corrected chi connectivity index (χ3v) is 3.78. The number of aryl methyl sites for hydroxylation is 3. The van der Waals surface area contributed by atoms with Gasteiger partial charge in [-0.3, -0.25) is 9.36 Å². The lowest BCUT2D eigenvalue weighted by atomic mass is 10.3. The van der Waals surface area contributed by atoms with Crippen LogP contribution in [0.4, 0.5) is 5.69 Å². The molecule has 3 rings (SSSR count). The maximum absolute atomic E-state index is 6.26. The van der Waals surface area contributed by atoms with Crippen molar-refractivity contribution < 1.29 is 4.42 Å². The van der Waals surface area contributed by atoms with Gasteiger partial charge in [-0.25, -0.2) is 0 Å². The molecule has 0 bridgehead atoms. The number of nitrogens with one attached hydrogen (secondary N) is 1. The van der Waals surface area contributed by atoms with Gasteiger partial charge < -0.3 is 9.73 Å². The Morgan fingerprint density at radius 3 is 2.76 bits per heavy atom. The third kappa shape index (κ3) is 2.54. The van der Waals surface area contributed by atoms with Crippen molar-refractivity contribution in [2.24, 2.45) is 14.1 Å². The molecule has 0 atom stereocenters. The predicted octanol–water partition coefficient (Wildman–Crippen LogP) is 2.99. The molecule has 0 spiro atoms. The Labute approximate surface area is 127 Å². The van der Waals surface area contributed by atoms with Crippen LogP contribution in [0.5, 0.6) is 0 Å². The number of nitrogens with zero attached hydrogens (tertiary/aromatic N) is 4. The molecule has 6 nitrogen and oxygen atoms in total. The van der Waals surface area contributed by atoms with Gasteiger partial charge in [0, 0.05) is 20.3 Å². The van der Waals surface area contributed by atoms with E-state index in [0.717, 1.165) is 28.5 Å². The van der Waals surface area contributed by atoms with E-state index in [9.17, 15) is 0 Å². The average molecular weight is 306 g/mol. The highest BCUT2D eigenvalue weighted by Crippen LogP contribution is 2.28. The van der Waals surface area contributed by atoms with E-state index in [0.29, 0.717) is 11.6 Å². The van der Waals surface area contributed by atoms with Crippen LogP contribution in [0.1, 0.15) is 11.4 Å². The molecule has 0 saturated carbocycles. The molecule has 0 aliphatic carbocycles. The summed E-state index contributed by atoms with van der Waals surface area (Å²) in [5, 5.41) is 12.8. The predicted molar refractivity (Wildman–Crippen MR) is 81.2 cm³/mol. The molecule has 0 saturated heterocycles. The second kappa shape index (κ2) is 5.29.